The molecule has 30 heavy (non-hydrogen) atoms. The number of aromatic nitrogens is 3. The van der Waals surface area contributed by atoms with Crippen LogP contribution in [-0.2, 0) is 36.8 Å². The van der Waals surface area contributed by atoms with Crippen LogP contribution < -0.4 is 16.6 Å². The SMILES string of the molecule is COCc1cnc2c(c1SCC(=O)NCc1ccc(C)cc1)c(=O)n(C)c(=O)n2C. The number of ether oxygens (including phenoxy) is 1. The number of hydrogen-bond donors (Lipinski definition) is 1. The summed E-state index contributed by atoms with van der Waals surface area (Å²) in [4.78, 5) is 42.3. The maximum Gasteiger partial charge on any atom is 0.332 e. The minimum Gasteiger partial charge on any atom is -0.380 e. The van der Waals surface area contributed by atoms with Crippen LogP contribution in [-0.4, -0.2) is 32.9 Å². The first-order valence-electron chi connectivity index (χ1n) is 9.35. The van der Waals surface area contributed by atoms with E-state index in [1.807, 2.05) is 31.2 Å². The van der Waals surface area contributed by atoms with Crippen molar-refractivity contribution < 1.29 is 9.53 Å². The van der Waals surface area contributed by atoms with Gasteiger partial charge in [-0.15, -0.1) is 11.8 Å². The van der Waals surface area contributed by atoms with Crippen molar-refractivity contribution in [2.24, 2.45) is 14.1 Å². The number of benzene rings is 1. The molecule has 1 amide bonds. The van der Waals surface area contributed by atoms with Crippen LogP contribution in [0.1, 0.15) is 16.7 Å². The van der Waals surface area contributed by atoms with Crippen molar-refractivity contribution >= 4 is 28.7 Å². The van der Waals surface area contributed by atoms with Gasteiger partial charge in [0.1, 0.15) is 5.65 Å². The van der Waals surface area contributed by atoms with Crippen molar-refractivity contribution in [3.05, 3.63) is 68.0 Å². The lowest BCUT2D eigenvalue weighted by Gasteiger charge is -2.14. The Bertz CT molecular complexity index is 1200. The normalized spacial score (nSPS) is 11.1. The number of methoxy groups -OCH3 is 1. The molecule has 8 nitrogen and oxygen atoms in total. The van der Waals surface area contributed by atoms with Gasteiger partial charge in [0, 0.05) is 44.4 Å². The summed E-state index contributed by atoms with van der Waals surface area (Å²) >= 11 is 1.24. The Hall–Kier alpha value is -2.91. The first kappa shape index (κ1) is 21.8. The maximum absolute atomic E-state index is 12.8. The molecule has 0 radical (unpaired) electrons. The molecule has 0 bridgehead atoms. The second-order valence-corrected chi connectivity index (χ2v) is 7.99. The van der Waals surface area contributed by atoms with Gasteiger partial charge in [-0.25, -0.2) is 9.78 Å². The van der Waals surface area contributed by atoms with Crippen molar-refractivity contribution in [2.75, 3.05) is 12.9 Å². The second kappa shape index (κ2) is 9.27. The first-order chi connectivity index (χ1) is 14.3. The van der Waals surface area contributed by atoms with Crippen molar-refractivity contribution in [1.82, 2.24) is 19.4 Å². The number of fused-ring (bicyclic) bond motifs is 1. The van der Waals surface area contributed by atoms with Crippen LogP contribution in [0.2, 0.25) is 0 Å². The van der Waals surface area contributed by atoms with Crippen molar-refractivity contribution in [3.8, 4) is 0 Å². The molecule has 0 saturated heterocycles. The molecule has 0 unspecified atom stereocenters. The van der Waals surface area contributed by atoms with E-state index < -0.39 is 11.2 Å². The summed E-state index contributed by atoms with van der Waals surface area (Å²) in [5.41, 5.74) is 2.25. The Labute approximate surface area is 177 Å². The summed E-state index contributed by atoms with van der Waals surface area (Å²) in [5.74, 6) is -0.0382. The molecule has 2 aromatic heterocycles. The van der Waals surface area contributed by atoms with E-state index in [9.17, 15) is 14.4 Å². The smallest absolute Gasteiger partial charge is 0.332 e. The standard InChI is InChI=1S/C21H24N4O4S/c1-13-5-7-14(8-6-13)9-22-16(26)12-30-18-15(11-29-4)10-23-19-17(18)20(27)25(3)21(28)24(19)2/h5-8,10H,9,11-12H2,1-4H3,(H,22,26). The van der Waals surface area contributed by atoms with E-state index in [1.54, 1.807) is 20.4 Å². The summed E-state index contributed by atoms with van der Waals surface area (Å²) < 4.78 is 7.60. The number of thioether (sulfide) groups is 1. The number of aryl methyl sites for hydroxylation is 2. The number of carbonyl (C=O) groups excluding carboxylic acids is 1. The summed E-state index contributed by atoms with van der Waals surface area (Å²) in [6.45, 7) is 2.68. The molecule has 1 aromatic carbocycles. The van der Waals surface area contributed by atoms with Crippen LogP contribution in [0, 0.1) is 6.92 Å². The number of pyridine rings is 1. The van der Waals surface area contributed by atoms with E-state index in [0.717, 1.165) is 15.7 Å². The summed E-state index contributed by atoms with van der Waals surface area (Å²) in [6, 6.07) is 7.94. The third-order valence-corrected chi connectivity index (χ3v) is 5.91. The van der Waals surface area contributed by atoms with Gasteiger partial charge in [-0.3, -0.25) is 18.7 Å². The van der Waals surface area contributed by atoms with E-state index in [-0.39, 0.29) is 23.9 Å². The lowest BCUT2D eigenvalue weighted by molar-refractivity contribution is -0.118. The Balaban J connectivity index is 1.87. The van der Waals surface area contributed by atoms with Gasteiger partial charge in [-0.1, -0.05) is 29.8 Å². The van der Waals surface area contributed by atoms with Gasteiger partial charge in [-0.2, -0.15) is 0 Å². The molecular formula is C21H24N4O4S. The van der Waals surface area contributed by atoms with Gasteiger partial charge < -0.3 is 10.1 Å². The Morgan fingerprint density at radius 3 is 2.53 bits per heavy atom. The minimum absolute atomic E-state index is 0.119. The van der Waals surface area contributed by atoms with Gasteiger partial charge in [0.25, 0.3) is 5.56 Å². The Kier molecular flexibility index (Phi) is 6.73. The van der Waals surface area contributed by atoms with Crippen LogP contribution in [0.15, 0.2) is 44.9 Å². The van der Waals surface area contributed by atoms with Crippen LogP contribution in [0.5, 0.6) is 0 Å². The van der Waals surface area contributed by atoms with E-state index >= 15 is 0 Å². The van der Waals surface area contributed by atoms with E-state index in [4.69, 9.17) is 4.74 Å². The molecule has 3 aromatic rings. The molecule has 1 N–H and O–H groups in total. The Morgan fingerprint density at radius 2 is 1.87 bits per heavy atom. The number of nitrogens with one attached hydrogen (secondary N) is 1. The molecule has 0 spiro atoms. The average Bonchev–Trinajstić information content (AvgIpc) is 2.74. The third-order valence-electron chi connectivity index (χ3n) is 4.75. The highest BCUT2D eigenvalue weighted by Crippen LogP contribution is 2.28. The van der Waals surface area contributed by atoms with Crippen LogP contribution in [0.25, 0.3) is 11.0 Å². The summed E-state index contributed by atoms with van der Waals surface area (Å²) in [7, 11) is 4.54. The molecule has 0 fully saturated rings. The topological polar surface area (TPSA) is 95.2 Å². The first-order valence-corrected chi connectivity index (χ1v) is 10.3. The fourth-order valence-electron chi connectivity index (χ4n) is 3.06. The van der Waals surface area contributed by atoms with Gasteiger partial charge in [0.05, 0.1) is 17.7 Å². The fourth-order valence-corrected chi connectivity index (χ4v) is 4.06. The molecule has 0 atom stereocenters. The van der Waals surface area contributed by atoms with Gasteiger partial charge in [0.15, 0.2) is 0 Å². The van der Waals surface area contributed by atoms with Crippen molar-refractivity contribution in [3.63, 3.8) is 0 Å². The average molecular weight is 429 g/mol. The molecule has 0 aliphatic carbocycles. The second-order valence-electron chi connectivity index (χ2n) is 7.00. The molecule has 158 valence electrons. The monoisotopic (exact) mass is 428 g/mol. The number of hydrogen-bond acceptors (Lipinski definition) is 6. The predicted molar refractivity (Wildman–Crippen MR) is 117 cm³/mol. The number of amides is 1. The summed E-state index contributed by atoms with van der Waals surface area (Å²) in [6.07, 6.45) is 1.58. The van der Waals surface area contributed by atoms with Gasteiger partial charge >= 0.3 is 5.69 Å². The van der Waals surface area contributed by atoms with Crippen LogP contribution in [0.4, 0.5) is 0 Å². The van der Waals surface area contributed by atoms with E-state index in [0.29, 0.717) is 22.4 Å². The zero-order chi connectivity index (χ0) is 21.8. The lowest BCUT2D eigenvalue weighted by atomic mass is 10.1. The maximum atomic E-state index is 12.8. The summed E-state index contributed by atoms with van der Waals surface area (Å²) in [5, 5.41) is 3.20. The van der Waals surface area contributed by atoms with Gasteiger partial charge in [-0.05, 0) is 12.5 Å². The minimum atomic E-state index is -0.453. The molecule has 3 rings (SSSR count). The number of rotatable bonds is 7. The zero-order valence-electron chi connectivity index (χ0n) is 17.4. The molecular weight excluding hydrogens is 404 g/mol. The molecule has 0 aliphatic rings. The van der Waals surface area contributed by atoms with Crippen molar-refractivity contribution in [2.45, 2.75) is 25.0 Å². The highest BCUT2D eigenvalue weighted by Gasteiger charge is 2.18. The quantitative estimate of drug-likeness (QED) is 0.573. The number of carbonyl (C=O) groups is 1. The van der Waals surface area contributed by atoms with Crippen LogP contribution >= 0.6 is 11.8 Å². The molecule has 0 aliphatic heterocycles. The Morgan fingerprint density at radius 1 is 1.17 bits per heavy atom. The zero-order valence-corrected chi connectivity index (χ0v) is 18.2. The highest BCUT2D eigenvalue weighted by molar-refractivity contribution is 8.00. The van der Waals surface area contributed by atoms with Crippen molar-refractivity contribution in [1.29, 1.82) is 0 Å². The van der Waals surface area contributed by atoms with E-state index in [1.165, 1.54) is 23.4 Å². The predicted octanol–water partition coefficient (Wildman–Crippen LogP) is 1.50. The third kappa shape index (κ3) is 4.47. The molecule has 9 heteroatoms. The lowest BCUT2D eigenvalue weighted by Crippen LogP contribution is -2.37. The van der Waals surface area contributed by atoms with E-state index in [2.05, 4.69) is 10.3 Å². The largest absolute Gasteiger partial charge is 0.380 e. The number of nitrogens with zero attached hydrogens (tertiary/aromatic N) is 3. The molecule has 0 saturated carbocycles. The highest BCUT2D eigenvalue weighted by atomic mass is 32.2. The molecule has 2 heterocycles. The van der Waals surface area contributed by atoms with Gasteiger partial charge in [0.2, 0.25) is 5.91 Å². The van der Waals surface area contributed by atoms with Crippen LogP contribution in [0.3, 0.4) is 0 Å². The fraction of sp³-hybridized carbons (Fsp3) is 0.333.